The highest BCUT2D eigenvalue weighted by atomic mass is 16.3. The maximum absolute atomic E-state index is 10.7. The molecular weight excluding hydrogens is 250 g/mol. The van der Waals surface area contributed by atoms with E-state index in [2.05, 4.69) is 41.6 Å². The van der Waals surface area contributed by atoms with Gasteiger partial charge in [-0.15, -0.1) is 0 Å². The van der Waals surface area contributed by atoms with Crippen LogP contribution in [0, 0.1) is 6.92 Å². The molecule has 3 rings (SSSR count). The van der Waals surface area contributed by atoms with Gasteiger partial charge in [-0.1, -0.05) is 17.7 Å². The van der Waals surface area contributed by atoms with Gasteiger partial charge < -0.3 is 10.4 Å². The molecule has 0 aliphatic carbocycles. The zero-order chi connectivity index (χ0) is 14.0. The molecule has 1 aliphatic heterocycles. The number of nitrogens with one attached hydrogen (secondary N) is 1. The van der Waals surface area contributed by atoms with Crippen LogP contribution >= 0.6 is 0 Å². The van der Waals surface area contributed by atoms with E-state index >= 15 is 0 Å². The van der Waals surface area contributed by atoms with Crippen LogP contribution < -0.4 is 5.32 Å². The highest BCUT2D eigenvalue weighted by molar-refractivity contribution is 5.35. The fourth-order valence-corrected chi connectivity index (χ4v) is 2.79. The number of hydrogen-bond acceptors (Lipinski definition) is 3. The van der Waals surface area contributed by atoms with Gasteiger partial charge in [0, 0.05) is 18.3 Å². The third-order valence-electron chi connectivity index (χ3n) is 4.04. The van der Waals surface area contributed by atoms with E-state index < -0.39 is 5.60 Å². The molecule has 0 spiro atoms. The van der Waals surface area contributed by atoms with Crippen molar-refractivity contribution in [2.45, 2.75) is 31.8 Å². The molecule has 1 saturated heterocycles. The lowest BCUT2D eigenvalue weighted by Crippen LogP contribution is -2.43. The molecule has 2 aromatic rings. The van der Waals surface area contributed by atoms with Crippen LogP contribution in [0.5, 0.6) is 0 Å². The van der Waals surface area contributed by atoms with Crippen molar-refractivity contribution in [3.63, 3.8) is 0 Å². The van der Waals surface area contributed by atoms with Crippen molar-refractivity contribution < 1.29 is 5.11 Å². The number of aryl methyl sites for hydroxylation is 1. The third-order valence-corrected chi connectivity index (χ3v) is 4.04. The van der Waals surface area contributed by atoms with Gasteiger partial charge in [0.1, 0.15) is 0 Å². The minimum Gasteiger partial charge on any atom is -0.389 e. The summed E-state index contributed by atoms with van der Waals surface area (Å²) in [5.41, 5.74) is 2.75. The molecule has 0 atom stereocenters. The Hall–Kier alpha value is -1.65. The van der Waals surface area contributed by atoms with E-state index in [1.165, 1.54) is 5.56 Å². The quantitative estimate of drug-likeness (QED) is 0.895. The van der Waals surface area contributed by atoms with Gasteiger partial charge in [0.05, 0.1) is 11.3 Å². The molecule has 4 heteroatoms. The zero-order valence-corrected chi connectivity index (χ0v) is 11.8. The Morgan fingerprint density at radius 1 is 1.20 bits per heavy atom. The molecule has 4 nitrogen and oxygen atoms in total. The van der Waals surface area contributed by atoms with Gasteiger partial charge in [-0.3, -0.25) is 0 Å². The molecular formula is C16H21N3O. The lowest BCUT2D eigenvalue weighted by Gasteiger charge is -2.32. The van der Waals surface area contributed by atoms with Crippen LogP contribution in [0.25, 0.3) is 5.69 Å². The summed E-state index contributed by atoms with van der Waals surface area (Å²) in [6.45, 7) is 3.84. The second-order valence-electron chi connectivity index (χ2n) is 5.72. The summed E-state index contributed by atoms with van der Waals surface area (Å²) in [6, 6.07) is 10.3. The standard InChI is InChI=1S/C16H21N3O/c1-13-2-4-14(5-3-13)19-15(6-9-18-19)12-16(20)7-10-17-11-8-16/h2-6,9,17,20H,7-8,10-12H2,1H3. The first-order valence-corrected chi connectivity index (χ1v) is 7.19. The Morgan fingerprint density at radius 2 is 1.90 bits per heavy atom. The highest BCUT2D eigenvalue weighted by Gasteiger charge is 2.30. The van der Waals surface area contributed by atoms with Gasteiger partial charge >= 0.3 is 0 Å². The largest absolute Gasteiger partial charge is 0.389 e. The number of aliphatic hydroxyl groups is 1. The summed E-state index contributed by atoms with van der Waals surface area (Å²) in [6.07, 6.45) is 4.06. The average Bonchev–Trinajstić information content (AvgIpc) is 2.88. The minimum atomic E-state index is -0.603. The van der Waals surface area contributed by atoms with Crippen molar-refractivity contribution in [3.8, 4) is 5.69 Å². The van der Waals surface area contributed by atoms with Crippen LogP contribution in [0.3, 0.4) is 0 Å². The number of benzene rings is 1. The lowest BCUT2D eigenvalue weighted by atomic mass is 9.88. The number of aromatic nitrogens is 2. The summed E-state index contributed by atoms with van der Waals surface area (Å²) in [7, 11) is 0. The molecule has 2 heterocycles. The number of nitrogens with zero attached hydrogens (tertiary/aromatic N) is 2. The smallest absolute Gasteiger partial charge is 0.0727 e. The predicted molar refractivity (Wildman–Crippen MR) is 79.1 cm³/mol. The van der Waals surface area contributed by atoms with Gasteiger partial charge in [-0.25, -0.2) is 4.68 Å². The van der Waals surface area contributed by atoms with Gasteiger partial charge in [-0.2, -0.15) is 5.10 Å². The lowest BCUT2D eigenvalue weighted by molar-refractivity contribution is 0.00955. The summed E-state index contributed by atoms with van der Waals surface area (Å²) in [5.74, 6) is 0. The van der Waals surface area contributed by atoms with E-state index in [-0.39, 0.29) is 0 Å². The molecule has 0 bridgehead atoms. The molecule has 2 N–H and O–H groups in total. The van der Waals surface area contributed by atoms with E-state index in [0.717, 1.165) is 37.3 Å². The van der Waals surface area contributed by atoms with Crippen LogP contribution in [0.1, 0.15) is 24.1 Å². The Morgan fingerprint density at radius 3 is 2.60 bits per heavy atom. The molecule has 0 saturated carbocycles. The summed E-state index contributed by atoms with van der Waals surface area (Å²) in [5, 5.41) is 18.4. The first kappa shape index (κ1) is 13.3. The molecule has 0 amide bonds. The molecule has 106 valence electrons. The summed E-state index contributed by atoms with van der Waals surface area (Å²) < 4.78 is 1.93. The number of rotatable bonds is 3. The maximum Gasteiger partial charge on any atom is 0.0727 e. The molecule has 1 aromatic heterocycles. The Balaban J connectivity index is 1.84. The van der Waals surface area contributed by atoms with Gasteiger partial charge in [0.25, 0.3) is 0 Å². The van der Waals surface area contributed by atoms with E-state index in [0.29, 0.717) is 6.42 Å². The average molecular weight is 271 g/mol. The van der Waals surface area contributed by atoms with Crippen molar-refractivity contribution in [2.75, 3.05) is 13.1 Å². The fraction of sp³-hybridized carbons (Fsp3) is 0.438. The Kier molecular flexibility index (Phi) is 3.59. The Bertz CT molecular complexity index is 568. The summed E-state index contributed by atoms with van der Waals surface area (Å²) in [4.78, 5) is 0. The second kappa shape index (κ2) is 5.38. The van der Waals surface area contributed by atoms with Crippen LogP contribution in [-0.2, 0) is 6.42 Å². The first-order chi connectivity index (χ1) is 9.66. The van der Waals surface area contributed by atoms with E-state index in [1.54, 1.807) is 6.20 Å². The minimum absolute atomic E-state index is 0.603. The topological polar surface area (TPSA) is 50.1 Å². The molecule has 0 unspecified atom stereocenters. The third kappa shape index (κ3) is 2.76. The molecule has 1 aliphatic rings. The van der Waals surface area contributed by atoms with Crippen molar-refractivity contribution in [2.24, 2.45) is 0 Å². The molecule has 1 fully saturated rings. The Labute approximate surface area is 119 Å². The highest BCUT2D eigenvalue weighted by Crippen LogP contribution is 2.24. The molecule has 0 radical (unpaired) electrons. The second-order valence-corrected chi connectivity index (χ2v) is 5.72. The van der Waals surface area contributed by atoms with Crippen molar-refractivity contribution in [3.05, 3.63) is 47.8 Å². The van der Waals surface area contributed by atoms with Gasteiger partial charge in [0.15, 0.2) is 0 Å². The van der Waals surface area contributed by atoms with Crippen LogP contribution in [0.15, 0.2) is 36.5 Å². The van der Waals surface area contributed by atoms with Crippen LogP contribution in [0.2, 0.25) is 0 Å². The molecule has 20 heavy (non-hydrogen) atoms. The van der Waals surface area contributed by atoms with Crippen LogP contribution in [0.4, 0.5) is 0 Å². The zero-order valence-electron chi connectivity index (χ0n) is 11.8. The van der Waals surface area contributed by atoms with Crippen molar-refractivity contribution >= 4 is 0 Å². The van der Waals surface area contributed by atoms with Crippen molar-refractivity contribution in [1.29, 1.82) is 0 Å². The van der Waals surface area contributed by atoms with E-state index in [9.17, 15) is 5.11 Å². The number of piperidine rings is 1. The fourth-order valence-electron chi connectivity index (χ4n) is 2.79. The van der Waals surface area contributed by atoms with E-state index in [1.807, 2.05) is 10.7 Å². The first-order valence-electron chi connectivity index (χ1n) is 7.19. The monoisotopic (exact) mass is 271 g/mol. The predicted octanol–water partition coefficient (Wildman–Crippen LogP) is 1.84. The van der Waals surface area contributed by atoms with Crippen LogP contribution in [-0.4, -0.2) is 33.6 Å². The van der Waals surface area contributed by atoms with Gasteiger partial charge in [-0.05, 0) is 51.1 Å². The van der Waals surface area contributed by atoms with E-state index in [4.69, 9.17) is 0 Å². The van der Waals surface area contributed by atoms with Gasteiger partial charge in [0.2, 0.25) is 0 Å². The summed E-state index contributed by atoms with van der Waals surface area (Å²) >= 11 is 0. The number of hydrogen-bond donors (Lipinski definition) is 2. The SMILES string of the molecule is Cc1ccc(-n2nccc2CC2(O)CCNCC2)cc1. The molecule has 1 aromatic carbocycles. The van der Waals surface area contributed by atoms with Crippen molar-refractivity contribution in [1.82, 2.24) is 15.1 Å². The normalized spacial score (nSPS) is 18.1. The maximum atomic E-state index is 10.7.